The van der Waals surface area contributed by atoms with Gasteiger partial charge in [0.25, 0.3) is 5.91 Å². The van der Waals surface area contributed by atoms with E-state index in [-0.39, 0.29) is 28.6 Å². The van der Waals surface area contributed by atoms with E-state index < -0.39 is 15.9 Å². The van der Waals surface area contributed by atoms with Crippen molar-refractivity contribution in [1.29, 1.82) is 0 Å². The fraction of sp³-hybridized carbons (Fsp3) is 0.200. The lowest BCUT2D eigenvalue weighted by Gasteiger charge is -2.26. The van der Waals surface area contributed by atoms with Gasteiger partial charge in [-0.15, -0.1) is 0 Å². The SMILES string of the molecule is O=C(Nc1cnc2ccccc2c1)c1cc(S(=O)(=O)N2CCOCC2)ccc1Cl. The topological polar surface area (TPSA) is 88.6 Å². The van der Waals surface area contributed by atoms with E-state index in [0.717, 1.165) is 10.9 Å². The van der Waals surface area contributed by atoms with Crippen LogP contribution in [0.2, 0.25) is 5.02 Å². The third-order valence-corrected chi connectivity index (χ3v) is 6.86. The molecule has 1 saturated heterocycles. The number of nitrogens with zero attached hydrogens (tertiary/aromatic N) is 2. The first kappa shape index (κ1) is 19.8. The van der Waals surface area contributed by atoms with E-state index in [1.807, 2.05) is 24.3 Å². The monoisotopic (exact) mass is 431 g/mol. The molecule has 3 aromatic rings. The van der Waals surface area contributed by atoms with Gasteiger partial charge < -0.3 is 10.1 Å². The predicted octanol–water partition coefficient (Wildman–Crippen LogP) is 3.16. The van der Waals surface area contributed by atoms with Crippen LogP contribution in [0.25, 0.3) is 10.9 Å². The average molecular weight is 432 g/mol. The predicted molar refractivity (Wildman–Crippen MR) is 111 cm³/mol. The van der Waals surface area contributed by atoms with E-state index >= 15 is 0 Å². The zero-order chi connectivity index (χ0) is 20.4. The summed E-state index contributed by atoms with van der Waals surface area (Å²) in [6.45, 7) is 1.23. The molecule has 29 heavy (non-hydrogen) atoms. The standard InChI is InChI=1S/C20H18ClN3O4S/c21-18-6-5-16(29(26,27)24-7-9-28-10-8-24)12-17(18)20(25)23-15-11-14-3-1-2-4-19(14)22-13-15/h1-6,11-13H,7-10H2,(H,23,25). The van der Waals surface area contributed by atoms with Crippen molar-refractivity contribution in [2.24, 2.45) is 0 Å². The lowest BCUT2D eigenvalue weighted by Crippen LogP contribution is -2.40. The molecule has 9 heteroatoms. The summed E-state index contributed by atoms with van der Waals surface area (Å²) in [5.74, 6) is -0.508. The van der Waals surface area contributed by atoms with Gasteiger partial charge in [-0.3, -0.25) is 9.78 Å². The molecule has 1 aliphatic heterocycles. The summed E-state index contributed by atoms with van der Waals surface area (Å²) in [6, 6.07) is 13.4. The van der Waals surface area contributed by atoms with Crippen molar-refractivity contribution in [3.05, 3.63) is 65.3 Å². The maximum atomic E-state index is 12.9. The Morgan fingerprint density at radius 2 is 1.86 bits per heavy atom. The highest BCUT2D eigenvalue weighted by atomic mass is 35.5. The molecule has 1 aromatic heterocycles. The van der Waals surface area contributed by atoms with Crippen LogP contribution in [0.5, 0.6) is 0 Å². The molecule has 0 atom stereocenters. The second kappa shape index (κ2) is 8.08. The van der Waals surface area contributed by atoms with Gasteiger partial charge in [-0.25, -0.2) is 8.42 Å². The first-order chi connectivity index (χ1) is 13.9. The molecule has 0 unspecified atom stereocenters. The van der Waals surface area contributed by atoms with Crippen LogP contribution in [0.15, 0.2) is 59.6 Å². The summed E-state index contributed by atoms with van der Waals surface area (Å²) in [6.07, 6.45) is 1.54. The van der Waals surface area contributed by atoms with E-state index in [1.165, 1.54) is 22.5 Å². The third kappa shape index (κ3) is 4.11. The zero-order valence-electron chi connectivity index (χ0n) is 15.3. The number of para-hydroxylation sites is 1. The minimum atomic E-state index is -3.73. The molecule has 1 aliphatic rings. The van der Waals surface area contributed by atoms with Gasteiger partial charge in [0.1, 0.15) is 0 Å². The Morgan fingerprint density at radius 1 is 1.10 bits per heavy atom. The number of fused-ring (bicyclic) bond motifs is 1. The molecule has 150 valence electrons. The highest BCUT2D eigenvalue weighted by Gasteiger charge is 2.27. The summed E-state index contributed by atoms with van der Waals surface area (Å²) >= 11 is 6.18. The number of hydrogen-bond donors (Lipinski definition) is 1. The number of rotatable bonds is 4. The summed E-state index contributed by atoms with van der Waals surface area (Å²) in [4.78, 5) is 17.1. The van der Waals surface area contributed by atoms with E-state index in [0.29, 0.717) is 18.9 Å². The molecule has 7 nitrogen and oxygen atoms in total. The zero-order valence-corrected chi connectivity index (χ0v) is 16.9. The number of halogens is 1. The lowest BCUT2D eigenvalue weighted by molar-refractivity contribution is 0.0730. The smallest absolute Gasteiger partial charge is 0.257 e. The largest absolute Gasteiger partial charge is 0.379 e. The van der Waals surface area contributed by atoms with Crippen molar-refractivity contribution >= 4 is 44.1 Å². The van der Waals surface area contributed by atoms with Gasteiger partial charge >= 0.3 is 0 Å². The first-order valence-electron chi connectivity index (χ1n) is 8.99. The molecule has 0 saturated carbocycles. The average Bonchev–Trinajstić information content (AvgIpc) is 2.74. The number of benzene rings is 2. The second-order valence-corrected chi connectivity index (χ2v) is 8.87. The van der Waals surface area contributed by atoms with Crippen LogP contribution >= 0.6 is 11.6 Å². The number of aromatic nitrogens is 1. The van der Waals surface area contributed by atoms with Crippen LogP contribution in [-0.2, 0) is 14.8 Å². The molecule has 0 bridgehead atoms. The van der Waals surface area contributed by atoms with Crippen molar-refractivity contribution in [3.63, 3.8) is 0 Å². The van der Waals surface area contributed by atoms with E-state index in [9.17, 15) is 13.2 Å². The van der Waals surface area contributed by atoms with Gasteiger partial charge in [0.05, 0.1) is 46.1 Å². The molecule has 0 spiro atoms. The number of anilines is 1. The van der Waals surface area contributed by atoms with Gasteiger partial charge in [-0.2, -0.15) is 4.31 Å². The quantitative estimate of drug-likeness (QED) is 0.685. The molecular weight excluding hydrogens is 414 g/mol. The summed E-state index contributed by atoms with van der Waals surface area (Å²) in [7, 11) is -3.73. The van der Waals surface area contributed by atoms with Crippen molar-refractivity contribution in [2.45, 2.75) is 4.90 Å². The second-order valence-electron chi connectivity index (χ2n) is 6.53. The Bertz CT molecular complexity index is 1180. The van der Waals surface area contributed by atoms with Gasteiger partial charge in [0, 0.05) is 18.5 Å². The lowest BCUT2D eigenvalue weighted by atomic mass is 10.2. The van der Waals surface area contributed by atoms with Crippen LogP contribution < -0.4 is 5.32 Å². The molecular formula is C20H18ClN3O4S. The molecule has 4 rings (SSSR count). The number of nitrogens with one attached hydrogen (secondary N) is 1. The number of ether oxygens (including phenoxy) is 1. The Labute approximate surface area is 173 Å². The molecule has 2 aromatic carbocycles. The Morgan fingerprint density at radius 3 is 2.66 bits per heavy atom. The summed E-state index contributed by atoms with van der Waals surface area (Å²) in [5.41, 5.74) is 1.38. The molecule has 1 N–H and O–H groups in total. The highest BCUT2D eigenvalue weighted by Crippen LogP contribution is 2.25. The molecule has 1 amide bonds. The fourth-order valence-electron chi connectivity index (χ4n) is 3.11. The fourth-order valence-corrected chi connectivity index (χ4v) is 4.75. The molecule has 0 aliphatic carbocycles. The number of carbonyl (C=O) groups excluding carboxylic acids is 1. The normalized spacial score (nSPS) is 15.3. The maximum absolute atomic E-state index is 12.9. The van der Waals surface area contributed by atoms with Crippen molar-refractivity contribution < 1.29 is 17.9 Å². The highest BCUT2D eigenvalue weighted by molar-refractivity contribution is 7.89. The molecule has 1 fully saturated rings. The van der Waals surface area contributed by atoms with Crippen LogP contribution in [0.1, 0.15) is 10.4 Å². The summed E-state index contributed by atoms with van der Waals surface area (Å²) < 4.78 is 32.3. The molecule has 2 heterocycles. The van der Waals surface area contributed by atoms with Crippen LogP contribution in [0.3, 0.4) is 0 Å². The number of pyridine rings is 1. The summed E-state index contributed by atoms with van der Waals surface area (Å²) in [5, 5.41) is 3.77. The number of amides is 1. The number of morpholine rings is 1. The van der Waals surface area contributed by atoms with Crippen molar-refractivity contribution in [2.75, 3.05) is 31.6 Å². The van der Waals surface area contributed by atoms with Crippen LogP contribution in [0.4, 0.5) is 5.69 Å². The van der Waals surface area contributed by atoms with Gasteiger partial charge in [-0.1, -0.05) is 29.8 Å². The minimum Gasteiger partial charge on any atom is -0.379 e. The minimum absolute atomic E-state index is 0.0191. The maximum Gasteiger partial charge on any atom is 0.257 e. The van der Waals surface area contributed by atoms with E-state index in [2.05, 4.69) is 10.3 Å². The van der Waals surface area contributed by atoms with Gasteiger partial charge in [0.15, 0.2) is 0 Å². The van der Waals surface area contributed by atoms with Crippen LogP contribution in [-0.4, -0.2) is 49.9 Å². The Balaban J connectivity index is 1.61. The van der Waals surface area contributed by atoms with E-state index in [1.54, 1.807) is 12.3 Å². The van der Waals surface area contributed by atoms with Crippen molar-refractivity contribution in [1.82, 2.24) is 9.29 Å². The van der Waals surface area contributed by atoms with Crippen LogP contribution in [0, 0.1) is 0 Å². The first-order valence-corrected chi connectivity index (χ1v) is 10.8. The number of sulfonamides is 1. The van der Waals surface area contributed by atoms with Crippen molar-refractivity contribution in [3.8, 4) is 0 Å². The van der Waals surface area contributed by atoms with Gasteiger partial charge in [0.2, 0.25) is 10.0 Å². The number of carbonyl (C=O) groups is 1. The Kier molecular flexibility index (Phi) is 5.51. The molecule has 0 radical (unpaired) electrons. The third-order valence-electron chi connectivity index (χ3n) is 4.64. The number of hydrogen-bond acceptors (Lipinski definition) is 5. The van der Waals surface area contributed by atoms with Gasteiger partial charge in [-0.05, 0) is 30.3 Å². The van der Waals surface area contributed by atoms with E-state index in [4.69, 9.17) is 16.3 Å². The Hall–Kier alpha value is -2.52.